The Morgan fingerprint density at radius 1 is 0.854 bits per heavy atom. The van der Waals surface area contributed by atoms with Crippen LogP contribution in [0.15, 0.2) is 108 Å². The number of carbonyl (C=O) groups is 3. The molecule has 1 N–H and O–H groups in total. The van der Waals surface area contributed by atoms with Gasteiger partial charge in [0.05, 0.1) is 63.8 Å². The van der Waals surface area contributed by atoms with Crippen molar-refractivity contribution in [1.29, 1.82) is 0 Å². The summed E-state index contributed by atoms with van der Waals surface area (Å²) in [4.78, 5) is 62.6. The molecule has 0 aliphatic carbocycles. The van der Waals surface area contributed by atoms with Crippen LogP contribution in [0.5, 0.6) is 11.5 Å². The number of nitrogens with zero attached hydrogens (tertiary/aromatic N) is 9. The van der Waals surface area contributed by atoms with E-state index in [0.29, 0.717) is 109 Å². The van der Waals surface area contributed by atoms with Crippen LogP contribution in [0.4, 0.5) is 15.0 Å². The van der Waals surface area contributed by atoms with E-state index in [1.54, 1.807) is 35.2 Å². The van der Waals surface area contributed by atoms with Crippen LogP contribution in [-0.2, 0) is 30.8 Å². The molecule has 3 aliphatic rings. The van der Waals surface area contributed by atoms with Crippen molar-refractivity contribution in [2.45, 2.75) is 90.4 Å². The second-order valence-corrected chi connectivity index (χ2v) is 23.5. The zero-order valence-electron chi connectivity index (χ0n) is 48.4. The van der Waals surface area contributed by atoms with Gasteiger partial charge in [-0.25, -0.2) is 18.7 Å². The Kier molecular flexibility index (Phi) is 18.5. The highest BCUT2D eigenvalue weighted by molar-refractivity contribution is 6.30. The molecule has 0 spiro atoms. The van der Waals surface area contributed by atoms with E-state index in [4.69, 9.17) is 52.1 Å². The molecule has 4 atom stereocenters. The fourth-order valence-corrected chi connectivity index (χ4v) is 11.2. The zero-order chi connectivity index (χ0) is 58.5. The van der Waals surface area contributed by atoms with Crippen molar-refractivity contribution in [1.82, 2.24) is 39.1 Å². The van der Waals surface area contributed by atoms with Crippen LogP contribution in [0.1, 0.15) is 106 Å². The van der Waals surface area contributed by atoms with E-state index in [9.17, 15) is 14.0 Å². The van der Waals surface area contributed by atoms with Crippen LogP contribution < -0.4 is 14.8 Å². The van der Waals surface area contributed by atoms with E-state index in [1.165, 1.54) is 22.8 Å². The highest BCUT2D eigenvalue weighted by atomic mass is 35.5. The van der Waals surface area contributed by atoms with Gasteiger partial charge in [-0.15, -0.1) is 0 Å². The number of amidine groups is 1. The van der Waals surface area contributed by atoms with Gasteiger partial charge in [0.15, 0.2) is 5.65 Å². The summed E-state index contributed by atoms with van der Waals surface area (Å²) in [5, 5.41) is 8.85. The van der Waals surface area contributed by atoms with Crippen molar-refractivity contribution in [3.05, 3.63) is 153 Å². The molecule has 4 amide bonds. The largest absolute Gasteiger partial charge is 0.493 e. The Labute approximate surface area is 490 Å². The molecule has 1 fully saturated rings. The Morgan fingerprint density at radius 3 is 2.22 bits per heavy atom. The summed E-state index contributed by atoms with van der Waals surface area (Å²) in [5.41, 5.74) is 2.71. The molecule has 436 valence electrons. The number of anilines is 1. The maximum absolute atomic E-state index is 15.5. The third kappa shape index (κ3) is 12.9. The van der Waals surface area contributed by atoms with Crippen LogP contribution in [-0.4, -0.2) is 161 Å². The average Bonchev–Trinajstić information content (AvgIpc) is 2.20. The quantitative estimate of drug-likeness (QED) is 0.0867. The van der Waals surface area contributed by atoms with Crippen molar-refractivity contribution >= 4 is 58.3 Å². The van der Waals surface area contributed by atoms with Gasteiger partial charge >= 0.3 is 6.03 Å². The summed E-state index contributed by atoms with van der Waals surface area (Å²) in [6.07, 6.45) is 2.87. The molecule has 2 bridgehead atoms. The maximum atomic E-state index is 15.5. The number of benzene rings is 4. The molecule has 0 unspecified atom stereocenters. The van der Waals surface area contributed by atoms with Gasteiger partial charge in [-0.1, -0.05) is 74.3 Å². The predicted molar refractivity (Wildman–Crippen MR) is 317 cm³/mol. The van der Waals surface area contributed by atoms with Crippen molar-refractivity contribution < 1.29 is 37.7 Å². The first-order chi connectivity index (χ1) is 39.2. The number of nitrogens with one attached hydrogen (secondary N) is 1. The van der Waals surface area contributed by atoms with Crippen LogP contribution >= 0.6 is 23.2 Å². The molecule has 2 aromatic heterocycles. The van der Waals surface area contributed by atoms with Crippen LogP contribution in [0, 0.1) is 5.82 Å². The molecule has 4 aromatic carbocycles. The summed E-state index contributed by atoms with van der Waals surface area (Å²) in [6.45, 7) is 21.7. The van der Waals surface area contributed by atoms with Crippen LogP contribution in [0.25, 0.3) is 5.65 Å². The molecule has 20 heteroatoms. The van der Waals surface area contributed by atoms with Crippen LogP contribution in [0.3, 0.4) is 0 Å². The van der Waals surface area contributed by atoms with Gasteiger partial charge < -0.3 is 39.0 Å². The molecular weight excluding hydrogens is 1090 g/mol. The van der Waals surface area contributed by atoms with Gasteiger partial charge in [0, 0.05) is 74.7 Å². The number of aliphatic imine (C=N–C) groups is 1. The van der Waals surface area contributed by atoms with Gasteiger partial charge in [0.2, 0.25) is 5.91 Å². The Morgan fingerprint density at radius 2 is 1.54 bits per heavy atom. The molecule has 9 rings (SSSR count). The van der Waals surface area contributed by atoms with E-state index in [0.717, 1.165) is 22.3 Å². The Balaban J connectivity index is 0.773. The number of hydrogen-bond acceptors (Lipinski definition) is 12. The lowest BCUT2D eigenvalue weighted by molar-refractivity contribution is -0.131. The summed E-state index contributed by atoms with van der Waals surface area (Å²) in [6, 6.07) is 27.2. The number of likely N-dealkylation sites (N-methyl/N-ethyl adjacent to an activating group) is 1. The molecule has 0 saturated carbocycles. The topological polar surface area (TPSA) is 159 Å². The maximum Gasteiger partial charge on any atom is 0.326 e. The van der Waals surface area contributed by atoms with Crippen molar-refractivity contribution in [3.63, 3.8) is 0 Å². The lowest BCUT2D eigenvalue weighted by Gasteiger charge is -2.47. The first-order valence-corrected chi connectivity index (χ1v) is 28.9. The molecule has 3 aliphatic heterocycles. The molecule has 5 heterocycles. The standard InChI is InChI=1S/C62H75Cl2FN10O7/c1-10-81-53-37-45(60(4,5)6)15-21-49(53)57-69-61(7,43-11-16-46(63)17-12-43)62(8,44-13-18-47(64)19-14-44)75(57)59(78)72-30-27-71(28-31-72)32-34-80-36-35-79-33-24-55(76)70(9)26-29-73-40-41(2)82-52-22-20-48(65)38-50(52)42(3)67-54-23-25-74-56(68-54)51(39-66-74)58(73)77/h11-23,25,37-39,41-42H,10,24,26-36,40H2,1-9H3,(H,67,68)/t41-,42-,61+,62-/m0/s1. The van der Waals surface area contributed by atoms with Gasteiger partial charge in [-0.3, -0.25) is 24.4 Å². The van der Waals surface area contributed by atoms with E-state index in [-0.39, 0.29) is 62.0 Å². The molecule has 1 saturated heterocycles. The van der Waals surface area contributed by atoms with Crippen molar-refractivity contribution in [2.75, 3.05) is 97.8 Å². The smallest absolute Gasteiger partial charge is 0.326 e. The number of fused-ring (bicyclic) bond motifs is 2. The van der Waals surface area contributed by atoms with Gasteiger partial charge in [-0.05, 0) is 117 Å². The summed E-state index contributed by atoms with van der Waals surface area (Å²) in [5.74, 6) is 1.31. The number of carbonyl (C=O) groups excluding carboxylic acids is 3. The summed E-state index contributed by atoms with van der Waals surface area (Å²) in [7, 11) is 1.70. The predicted octanol–water partition coefficient (Wildman–Crippen LogP) is 10.5. The number of aromatic nitrogens is 3. The highest BCUT2D eigenvalue weighted by Crippen LogP contribution is 2.54. The van der Waals surface area contributed by atoms with Crippen LogP contribution in [0.2, 0.25) is 10.0 Å². The Bertz CT molecular complexity index is 3280. The normalized spacial score (nSPS) is 20.6. The van der Waals surface area contributed by atoms with E-state index in [1.807, 2.05) is 85.2 Å². The monoisotopic (exact) mass is 1160 g/mol. The van der Waals surface area contributed by atoms with E-state index < -0.39 is 23.0 Å². The third-order valence-corrected chi connectivity index (χ3v) is 16.5. The number of halogens is 3. The third-order valence-electron chi connectivity index (χ3n) is 16.0. The number of urea groups is 1. The molecule has 6 aromatic rings. The SMILES string of the molecule is CCOc1cc(C(C)(C)C)ccc1C1=N[C@](C)(c2ccc(Cl)cc2)[C@](C)(c2ccc(Cl)cc2)N1C(=O)N1CCN(CCOCCOCCC(=O)N(C)CCN2C[C@H](C)Oc3ccc(F)cc3[C@H](C)Nc3ccn4ncc(c4n3)C2=O)CC1. The molecule has 82 heavy (non-hydrogen) atoms. The summed E-state index contributed by atoms with van der Waals surface area (Å²) >= 11 is 13.0. The number of amides is 4. The second kappa shape index (κ2) is 25.3. The number of piperazine rings is 1. The minimum absolute atomic E-state index is 0.136. The van der Waals surface area contributed by atoms with E-state index >= 15 is 4.79 Å². The Hall–Kier alpha value is -6.83. The lowest BCUT2D eigenvalue weighted by atomic mass is 9.71. The minimum atomic E-state index is -1.04. The zero-order valence-corrected chi connectivity index (χ0v) is 49.9. The number of ether oxygens (including phenoxy) is 4. The van der Waals surface area contributed by atoms with Gasteiger partial charge in [0.25, 0.3) is 5.91 Å². The first kappa shape index (κ1) is 59.8. The summed E-state index contributed by atoms with van der Waals surface area (Å²) < 4.78 is 40.6. The van der Waals surface area contributed by atoms with Crippen molar-refractivity contribution in [3.8, 4) is 11.5 Å². The molecule has 0 radical (unpaired) electrons. The fraction of sp³-hybridized carbons (Fsp3) is 0.452. The fourth-order valence-electron chi connectivity index (χ4n) is 11.0. The second-order valence-electron chi connectivity index (χ2n) is 22.6. The molecular formula is C62H75Cl2FN10O7. The number of hydrogen-bond donors (Lipinski definition) is 1. The first-order valence-electron chi connectivity index (χ1n) is 28.2. The van der Waals surface area contributed by atoms with E-state index in [2.05, 4.69) is 62.1 Å². The van der Waals surface area contributed by atoms with Gasteiger partial charge in [0.1, 0.15) is 51.7 Å². The minimum Gasteiger partial charge on any atom is -0.493 e. The number of rotatable bonds is 17. The van der Waals surface area contributed by atoms with Crippen molar-refractivity contribution in [2.24, 2.45) is 4.99 Å². The average molecular weight is 1160 g/mol. The highest BCUT2D eigenvalue weighted by Gasteiger charge is 2.60. The van der Waals surface area contributed by atoms with Gasteiger partial charge in [-0.2, -0.15) is 5.10 Å². The lowest BCUT2D eigenvalue weighted by Crippen LogP contribution is -2.60. The molecule has 17 nitrogen and oxygen atoms in total.